The molecule has 37 atom stereocenters. The van der Waals surface area contributed by atoms with Crippen molar-refractivity contribution in [1.82, 2.24) is 20.0 Å². The van der Waals surface area contributed by atoms with E-state index in [1.165, 1.54) is 35.0 Å². The summed E-state index contributed by atoms with van der Waals surface area (Å²) in [6.07, 6.45) is -18.7. The first-order chi connectivity index (χ1) is 49.7. The molecule has 0 spiro atoms. The zero-order valence-corrected chi connectivity index (χ0v) is 70.3. The molecule has 0 aromatic carbocycles. The van der Waals surface area contributed by atoms with E-state index in [-0.39, 0.29) is 74.7 Å². The van der Waals surface area contributed by atoms with E-state index in [0.29, 0.717) is 25.9 Å². The van der Waals surface area contributed by atoms with Gasteiger partial charge in [-0.2, -0.15) is 0 Å². The molecule has 0 aliphatic carbocycles. The monoisotopic (exact) mass is 1560 g/mol. The van der Waals surface area contributed by atoms with Crippen LogP contribution >= 0.6 is 0 Å². The number of carbonyl (C=O) groups is 3. The molecule has 0 amide bonds. The number of aliphatic hydroxyl groups is 10. The average Bonchev–Trinajstić information content (AvgIpc) is 1.08. The van der Waals surface area contributed by atoms with Gasteiger partial charge < -0.3 is 133 Å². The molecule has 0 radical (unpaired) electrons. The fraction of sp³-hybridized carbons (Fsp3) is 0.962. The van der Waals surface area contributed by atoms with Crippen LogP contribution in [0.3, 0.4) is 0 Å². The molecule has 634 valence electrons. The Labute approximate surface area is 644 Å². The van der Waals surface area contributed by atoms with Gasteiger partial charge in [-0.1, -0.05) is 41.5 Å². The van der Waals surface area contributed by atoms with E-state index in [0.717, 1.165) is 0 Å². The number of hydrogen-bond donors (Lipinski definition) is 11. The van der Waals surface area contributed by atoms with Gasteiger partial charge in [0.2, 0.25) is 0 Å². The van der Waals surface area contributed by atoms with Crippen molar-refractivity contribution in [1.29, 1.82) is 0 Å². The van der Waals surface area contributed by atoms with Gasteiger partial charge in [-0.3, -0.25) is 9.59 Å². The SMILES string of the molecule is CC[C@H]1OC(=O)[C@H](C)[C@@H](O[C@H]2C[C@@](C)(OC)[C@@H](O)[C@H](C)O2)[C@H](C)[C@@H](O[C@@H]2O[C@H](C)C[C@H](N(C)C)[C@H]2OC(=O)[C@H](C)O)[C@](C)(O)C[C@@H](C)CN(C)[C@H](C)[C@@H](O)[C@]1(C)O.CC[C@H]1OC(=O)[C@H](C)[C@@H](O[C@H]2C[C@@](C)(OC)[C@@H](O)[C@H](C)O2)[C@H](C)[C@@H](O[C@@H]2O[C@H](C)C[C@H](NC)[C@H]2O)[C@](C)(O)C[C@@H](C)CN(C)[C@H](C)[C@@H](O)[C@]1(C)O. The smallest absolute Gasteiger partial charge is 0.335 e. The van der Waals surface area contributed by atoms with Crippen LogP contribution in [0.5, 0.6) is 0 Å². The molecular formula is C78H146N4O26. The molecule has 11 N–H and O–H groups in total. The van der Waals surface area contributed by atoms with Crippen LogP contribution in [0.1, 0.15) is 197 Å². The second kappa shape index (κ2) is 39.4. The van der Waals surface area contributed by atoms with E-state index in [2.05, 4.69) is 5.32 Å². The minimum Gasteiger partial charge on any atom is -0.459 e. The second-order valence-corrected chi connectivity index (χ2v) is 34.8. The van der Waals surface area contributed by atoms with E-state index >= 15 is 0 Å². The maximum atomic E-state index is 14.3. The number of esters is 3. The predicted molar refractivity (Wildman–Crippen MR) is 399 cm³/mol. The number of nitrogens with one attached hydrogen (secondary N) is 1. The van der Waals surface area contributed by atoms with Crippen molar-refractivity contribution in [3.05, 3.63) is 0 Å². The number of ether oxygens (including phenoxy) is 13. The van der Waals surface area contributed by atoms with Gasteiger partial charge in [0.15, 0.2) is 31.3 Å². The van der Waals surface area contributed by atoms with Crippen LogP contribution in [0, 0.1) is 35.5 Å². The molecule has 6 rings (SSSR count). The average molecular weight is 1560 g/mol. The first-order valence-electron chi connectivity index (χ1n) is 39.4. The lowest BCUT2D eigenvalue weighted by Crippen LogP contribution is -2.61. The zero-order valence-electron chi connectivity index (χ0n) is 70.3. The van der Waals surface area contributed by atoms with Gasteiger partial charge in [0.25, 0.3) is 0 Å². The van der Waals surface area contributed by atoms with Crippen LogP contribution < -0.4 is 5.32 Å². The van der Waals surface area contributed by atoms with Crippen LogP contribution in [0.25, 0.3) is 0 Å². The van der Waals surface area contributed by atoms with E-state index in [9.17, 15) is 65.4 Å². The van der Waals surface area contributed by atoms with Crippen molar-refractivity contribution in [3.8, 4) is 0 Å². The highest BCUT2D eigenvalue weighted by molar-refractivity contribution is 5.74. The lowest BCUT2D eigenvalue weighted by molar-refractivity contribution is -0.319. The molecule has 0 unspecified atom stereocenters. The molecule has 6 saturated heterocycles. The van der Waals surface area contributed by atoms with E-state index in [4.69, 9.17) is 61.6 Å². The Kier molecular flexibility index (Phi) is 35.0. The second-order valence-electron chi connectivity index (χ2n) is 34.8. The first-order valence-corrected chi connectivity index (χ1v) is 39.4. The zero-order chi connectivity index (χ0) is 82.3. The molecule has 6 heterocycles. The van der Waals surface area contributed by atoms with Crippen LogP contribution in [0.2, 0.25) is 0 Å². The molecule has 0 aromatic heterocycles. The van der Waals surface area contributed by atoms with E-state index in [1.54, 1.807) is 97.1 Å². The van der Waals surface area contributed by atoms with Gasteiger partial charge in [0, 0.05) is 70.1 Å². The predicted octanol–water partition coefficient (Wildman–Crippen LogP) is 3.39. The summed E-state index contributed by atoms with van der Waals surface area (Å²) < 4.78 is 81.2. The third kappa shape index (κ3) is 23.0. The lowest BCUT2D eigenvalue weighted by Gasteiger charge is -2.49. The molecular weight excluding hydrogens is 1410 g/mol. The normalized spacial score (nSPS) is 48.4. The van der Waals surface area contributed by atoms with Crippen molar-refractivity contribution in [2.45, 2.75) is 383 Å². The highest BCUT2D eigenvalue weighted by Gasteiger charge is 2.57. The van der Waals surface area contributed by atoms with Crippen molar-refractivity contribution in [2.24, 2.45) is 35.5 Å². The molecule has 6 aliphatic rings. The van der Waals surface area contributed by atoms with Crippen molar-refractivity contribution < 1.29 is 127 Å². The third-order valence-electron chi connectivity index (χ3n) is 24.7. The minimum atomic E-state index is -1.84. The number of methoxy groups -OCH3 is 2. The van der Waals surface area contributed by atoms with Crippen LogP contribution in [-0.2, 0) is 76.0 Å². The Balaban J connectivity index is 0.000000390. The molecule has 0 aromatic rings. The number of cyclic esters (lactones) is 2. The highest BCUT2D eigenvalue weighted by atomic mass is 16.7. The summed E-state index contributed by atoms with van der Waals surface area (Å²) in [6, 6.07) is -1.83. The molecule has 0 bridgehead atoms. The van der Waals surface area contributed by atoms with Gasteiger partial charge in [-0.15, -0.1) is 0 Å². The van der Waals surface area contributed by atoms with Gasteiger partial charge in [0.05, 0.1) is 89.1 Å². The summed E-state index contributed by atoms with van der Waals surface area (Å²) >= 11 is 0. The van der Waals surface area contributed by atoms with Crippen LogP contribution in [0.4, 0.5) is 0 Å². The Hall–Kier alpha value is -2.55. The van der Waals surface area contributed by atoms with Gasteiger partial charge in [0.1, 0.15) is 60.0 Å². The molecule has 30 heteroatoms. The summed E-state index contributed by atoms with van der Waals surface area (Å²) in [6.45, 7) is 37.0. The van der Waals surface area contributed by atoms with Crippen molar-refractivity contribution in [3.63, 3.8) is 0 Å². The Morgan fingerprint density at radius 3 is 1.29 bits per heavy atom. The maximum absolute atomic E-state index is 14.3. The lowest BCUT2D eigenvalue weighted by atomic mass is 9.77. The quantitative estimate of drug-likeness (QED) is 0.0779. The summed E-state index contributed by atoms with van der Waals surface area (Å²) in [5.74, 6) is -6.30. The molecule has 6 fully saturated rings. The summed E-state index contributed by atoms with van der Waals surface area (Å²) in [7, 11) is 12.1. The van der Waals surface area contributed by atoms with Gasteiger partial charge >= 0.3 is 17.9 Å². The Morgan fingerprint density at radius 2 is 0.935 bits per heavy atom. The summed E-state index contributed by atoms with van der Waals surface area (Å²) in [4.78, 5) is 47.1. The minimum absolute atomic E-state index is 0.0901. The van der Waals surface area contributed by atoms with E-state index < -0.39 is 204 Å². The fourth-order valence-electron chi connectivity index (χ4n) is 17.6. The van der Waals surface area contributed by atoms with Gasteiger partial charge in [-0.25, -0.2) is 4.79 Å². The number of nitrogens with zero attached hydrogens (tertiary/aromatic N) is 3. The largest absolute Gasteiger partial charge is 0.459 e. The third-order valence-corrected chi connectivity index (χ3v) is 24.7. The number of likely N-dealkylation sites (N-methyl/N-ethyl adjacent to an activating group) is 4. The fourth-order valence-corrected chi connectivity index (χ4v) is 17.6. The molecule has 30 nitrogen and oxygen atoms in total. The first kappa shape index (κ1) is 96.0. The maximum Gasteiger partial charge on any atom is 0.335 e. The summed E-state index contributed by atoms with van der Waals surface area (Å²) in [5.41, 5.74) is -8.93. The van der Waals surface area contributed by atoms with Gasteiger partial charge in [-0.05, 0) is 189 Å². The molecule has 0 saturated carbocycles. The Bertz CT molecular complexity index is 2770. The van der Waals surface area contributed by atoms with Crippen molar-refractivity contribution in [2.75, 3.05) is 62.5 Å². The topological polar surface area (TPSA) is 395 Å². The van der Waals surface area contributed by atoms with Crippen molar-refractivity contribution >= 4 is 17.9 Å². The molecule has 108 heavy (non-hydrogen) atoms. The Morgan fingerprint density at radius 1 is 0.565 bits per heavy atom. The number of aliphatic hydroxyl groups excluding tert-OH is 6. The summed E-state index contributed by atoms with van der Waals surface area (Å²) in [5, 5.41) is 118. The molecule has 6 aliphatic heterocycles. The van der Waals surface area contributed by atoms with Crippen LogP contribution in [-0.4, -0.2) is 333 Å². The van der Waals surface area contributed by atoms with E-state index in [1.807, 2.05) is 77.5 Å². The number of rotatable bonds is 16. The standard InChI is InChI=1S/C41H76N2O14.C37H70N2O12/c1-16-29-41(11,50)33(45)25(6)43(14)20-21(2)18-39(9,49)35(57-38-32(56-37(48)26(7)44)28(42(12)13)17-22(3)52-38)23(4)31(24(5)36(47)54-29)55-30-19-40(10,51-15)34(46)27(8)53-30;1-14-26-37(10,45)30(41)23(6)39(12)18-19(2)16-35(8,44)32(51-34-28(40)25(38-11)15-20(3)47-34)21(4)29(22(5)33(43)49-26)50-27-17-36(9,46-13)31(42)24(7)48-27/h21-35,38,44-46,49-50H,16-20H2,1-15H3;19-32,34,38,40-42,44-45H,14-18H2,1-13H3/t21-,22-,23+,24-,25-,26+,27+,28+,29-,30+,31+,32-,33-,34+,35-,38+,39-,40-,41-;19-,20-,21+,22-,23-,24+,25+,26-,27+,28-,29+,30-,31+,32-,34+,35-,36-,37-/m11/s1. The van der Waals surface area contributed by atoms with Crippen LogP contribution in [0.15, 0.2) is 0 Å². The highest BCUT2D eigenvalue weighted by Crippen LogP contribution is 2.44. The number of carbonyl (C=O) groups excluding carboxylic acids is 3. The number of hydrogen-bond acceptors (Lipinski definition) is 30.